The summed E-state index contributed by atoms with van der Waals surface area (Å²) < 4.78 is 0. The monoisotopic (exact) mass is 260 g/mol. The molecule has 1 atom stereocenters. The van der Waals surface area contributed by atoms with Gasteiger partial charge in [-0.2, -0.15) is 5.26 Å². The van der Waals surface area contributed by atoms with E-state index in [1.165, 1.54) is 17.7 Å². The van der Waals surface area contributed by atoms with Crippen molar-refractivity contribution in [1.82, 2.24) is 5.32 Å². The Kier molecular flexibility index (Phi) is 4.68. The Hall–Kier alpha value is -0.980. The third-order valence-corrected chi connectivity index (χ3v) is 4.28. The molecule has 1 N–H and O–H groups in total. The van der Waals surface area contributed by atoms with Gasteiger partial charge in [0.25, 0.3) is 0 Å². The molecule has 1 unspecified atom stereocenters. The normalized spacial score (nSPS) is 18.0. The summed E-state index contributed by atoms with van der Waals surface area (Å²) in [5.74, 6) is 1.08. The Bertz CT molecular complexity index is 408. The number of benzene rings is 1. The zero-order valence-electron chi connectivity index (χ0n) is 10.9. The maximum absolute atomic E-state index is 9.26. The standard InChI is InChI=1S/C15H20N2S/c1-15(12-16,17-13-8-9-13)10-5-11-18-14-6-3-2-4-7-14/h2-4,6-7,13,17H,5,8-11H2,1H3. The second kappa shape index (κ2) is 6.26. The minimum absolute atomic E-state index is 0.335. The molecule has 1 aromatic carbocycles. The SMILES string of the molecule is CC(C#N)(CCCSc1ccccc1)NC1CC1. The van der Waals surface area contributed by atoms with E-state index in [0.717, 1.165) is 18.6 Å². The fourth-order valence-corrected chi connectivity index (χ4v) is 2.84. The zero-order valence-corrected chi connectivity index (χ0v) is 11.7. The van der Waals surface area contributed by atoms with Crippen molar-refractivity contribution in [1.29, 1.82) is 5.26 Å². The number of hydrogen-bond acceptors (Lipinski definition) is 3. The third-order valence-electron chi connectivity index (χ3n) is 3.18. The van der Waals surface area contributed by atoms with Crippen molar-refractivity contribution in [3.05, 3.63) is 30.3 Å². The Morgan fingerprint density at radius 3 is 2.72 bits per heavy atom. The zero-order chi connectivity index (χ0) is 12.8. The molecule has 0 bridgehead atoms. The molecule has 1 aromatic rings. The molecule has 1 saturated carbocycles. The maximum atomic E-state index is 9.26. The van der Waals surface area contributed by atoms with E-state index in [-0.39, 0.29) is 5.54 Å². The smallest absolute Gasteiger partial charge is 0.104 e. The molecule has 1 aliphatic carbocycles. The predicted octanol–water partition coefficient (Wildman–Crippen LogP) is 3.59. The number of nitrogens with one attached hydrogen (secondary N) is 1. The van der Waals surface area contributed by atoms with E-state index in [1.54, 1.807) is 0 Å². The van der Waals surface area contributed by atoms with Crippen LogP contribution in [-0.4, -0.2) is 17.3 Å². The van der Waals surface area contributed by atoms with Crippen LogP contribution in [0.2, 0.25) is 0 Å². The highest BCUT2D eigenvalue weighted by molar-refractivity contribution is 7.99. The highest BCUT2D eigenvalue weighted by Gasteiger charge is 2.31. The maximum Gasteiger partial charge on any atom is 0.104 e. The first-order valence-electron chi connectivity index (χ1n) is 6.59. The van der Waals surface area contributed by atoms with Gasteiger partial charge in [-0.25, -0.2) is 0 Å². The molecule has 2 rings (SSSR count). The van der Waals surface area contributed by atoms with Gasteiger partial charge in [0.1, 0.15) is 5.54 Å². The van der Waals surface area contributed by atoms with Gasteiger partial charge in [0, 0.05) is 10.9 Å². The molecule has 2 nitrogen and oxygen atoms in total. The lowest BCUT2D eigenvalue weighted by Gasteiger charge is -2.23. The van der Waals surface area contributed by atoms with Gasteiger partial charge in [-0.15, -0.1) is 11.8 Å². The van der Waals surface area contributed by atoms with Crippen LogP contribution in [0.15, 0.2) is 35.2 Å². The van der Waals surface area contributed by atoms with Crippen LogP contribution in [-0.2, 0) is 0 Å². The van der Waals surface area contributed by atoms with Crippen LogP contribution in [0, 0.1) is 11.3 Å². The topological polar surface area (TPSA) is 35.8 Å². The average molecular weight is 260 g/mol. The molecule has 0 aromatic heterocycles. The highest BCUT2D eigenvalue weighted by Crippen LogP contribution is 2.26. The summed E-state index contributed by atoms with van der Waals surface area (Å²) in [6.07, 6.45) is 4.47. The van der Waals surface area contributed by atoms with Crippen molar-refractivity contribution >= 4 is 11.8 Å². The van der Waals surface area contributed by atoms with Crippen molar-refractivity contribution < 1.29 is 0 Å². The van der Waals surface area contributed by atoms with Crippen LogP contribution in [0.1, 0.15) is 32.6 Å². The second-order valence-electron chi connectivity index (χ2n) is 5.13. The Balaban J connectivity index is 1.69. The van der Waals surface area contributed by atoms with Crippen molar-refractivity contribution in [3.8, 4) is 6.07 Å². The van der Waals surface area contributed by atoms with Crippen LogP contribution in [0.25, 0.3) is 0 Å². The van der Waals surface area contributed by atoms with Gasteiger partial charge < -0.3 is 0 Å². The van der Waals surface area contributed by atoms with Gasteiger partial charge >= 0.3 is 0 Å². The van der Waals surface area contributed by atoms with E-state index in [0.29, 0.717) is 6.04 Å². The summed E-state index contributed by atoms with van der Waals surface area (Å²) >= 11 is 1.87. The summed E-state index contributed by atoms with van der Waals surface area (Å²) in [5, 5.41) is 12.7. The number of nitrogens with zero attached hydrogens (tertiary/aromatic N) is 1. The number of rotatable bonds is 7. The Morgan fingerprint density at radius 1 is 1.39 bits per heavy atom. The number of thioether (sulfide) groups is 1. The van der Waals surface area contributed by atoms with Gasteiger partial charge in [0.15, 0.2) is 0 Å². The van der Waals surface area contributed by atoms with Crippen LogP contribution in [0.5, 0.6) is 0 Å². The minimum atomic E-state index is -0.335. The summed E-state index contributed by atoms with van der Waals surface area (Å²) in [7, 11) is 0. The van der Waals surface area contributed by atoms with Crippen LogP contribution in [0.3, 0.4) is 0 Å². The molecule has 0 aliphatic heterocycles. The lowest BCUT2D eigenvalue weighted by molar-refractivity contribution is 0.412. The molecule has 0 spiro atoms. The van der Waals surface area contributed by atoms with Gasteiger partial charge in [0.2, 0.25) is 0 Å². The van der Waals surface area contributed by atoms with E-state index in [9.17, 15) is 5.26 Å². The van der Waals surface area contributed by atoms with E-state index in [4.69, 9.17) is 0 Å². The summed E-state index contributed by atoms with van der Waals surface area (Å²) in [5.41, 5.74) is -0.335. The highest BCUT2D eigenvalue weighted by atomic mass is 32.2. The molecule has 0 heterocycles. The first-order valence-corrected chi connectivity index (χ1v) is 7.57. The Morgan fingerprint density at radius 2 is 2.11 bits per heavy atom. The molecular formula is C15H20N2S. The second-order valence-corrected chi connectivity index (χ2v) is 6.30. The summed E-state index contributed by atoms with van der Waals surface area (Å²) in [6.45, 7) is 2.03. The molecule has 3 heteroatoms. The minimum Gasteiger partial charge on any atom is -0.297 e. The van der Waals surface area contributed by atoms with E-state index in [1.807, 2.05) is 24.8 Å². The largest absolute Gasteiger partial charge is 0.297 e. The van der Waals surface area contributed by atoms with Gasteiger partial charge in [-0.1, -0.05) is 18.2 Å². The van der Waals surface area contributed by atoms with Crippen molar-refractivity contribution in [2.24, 2.45) is 0 Å². The lowest BCUT2D eigenvalue weighted by atomic mass is 9.98. The molecule has 0 amide bonds. The first kappa shape index (κ1) is 13.5. The van der Waals surface area contributed by atoms with Crippen molar-refractivity contribution in [2.75, 3.05) is 5.75 Å². The fraction of sp³-hybridized carbons (Fsp3) is 0.533. The van der Waals surface area contributed by atoms with Gasteiger partial charge in [-0.3, -0.25) is 5.32 Å². The van der Waals surface area contributed by atoms with Gasteiger partial charge in [-0.05, 0) is 50.5 Å². The van der Waals surface area contributed by atoms with Crippen molar-refractivity contribution in [3.63, 3.8) is 0 Å². The molecular weight excluding hydrogens is 240 g/mol. The molecule has 1 aliphatic rings. The van der Waals surface area contributed by atoms with Crippen LogP contribution >= 0.6 is 11.8 Å². The lowest BCUT2D eigenvalue weighted by Crippen LogP contribution is -2.42. The molecule has 18 heavy (non-hydrogen) atoms. The van der Waals surface area contributed by atoms with Gasteiger partial charge in [0.05, 0.1) is 6.07 Å². The molecule has 96 valence electrons. The molecule has 0 radical (unpaired) electrons. The van der Waals surface area contributed by atoms with Crippen molar-refractivity contribution in [2.45, 2.75) is 49.1 Å². The quantitative estimate of drug-likeness (QED) is 0.601. The molecule has 0 saturated heterocycles. The van der Waals surface area contributed by atoms with E-state index < -0.39 is 0 Å². The first-order chi connectivity index (χ1) is 8.72. The molecule has 1 fully saturated rings. The summed E-state index contributed by atoms with van der Waals surface area (Å²) in [6, 6.07) is 13.5. The predicted molar refractivity (Wildman–Crippen MR) is 76.6 cm³/mol. The average Bonchev–Trinajstić information content (AvgIpc) is 3.20. The van der Waals surface area contributed by atoms with Crippen LogP contribution in [0.4, 0.5) is 0 Å². The van der Waals surface area contributed by atoms with E-state index >= 15 is 0 Å². The summed E-state index contributed by atoms with van der Waals surface area (Å²) in [4.78, 5) is 1.31. The van der Waals surface area contributed by atoms with Crippen LogP contribution < -0.4 is 5.32 Å². The number of nitriles is 1. The number of hydrogen-bond donors (Lipinski definition) is 1. The Labute approximate surface area is 114 Å². The third kappa shape index (κ3) is 4.36. The van der Waals surface area contributed by atoms with E-state index in [2.05, 4.69) is 35.7 Å². The fourth-order valence-electron chi connectivity index (χ4n) is 1.97.